The molecule has 0 saturated carbocycles. The van der Waals surface area contributed by atoms with Crippen LogP contribution in [-0.4, -0.2) is 16.4 Å². The minimum atomic E-state index is -4.62. The van der Waals surface area contributed by atoms with Crippen LogP contribution in [0.15, 0.2) is 18.3 Å². The molecule has 0 aliphatic carbocycles. The lowest BCUT2D eigenvalue weighted by molar-refractivity contribution is -0.137. The average molecular weight is 361 g/mol. The van der Waals surface area contributed by atoms with Crippen molar-refractivity contribution in [2.24, 2.45) is 0 Å². The first kappa shape index (κ1) is 16.8. The van der Waals surface area contributed by atoms with Crippen molar-refractivity contribution < 1.29 is 26.7 Å². The van der Waals surface area contributed by atoms with E-state index in [1.54, 1.807) is 0 Å². The highest BCUT2D eigenvalue weighted by molar-refractivity contribution is 6.37. The zero-order valence-corrected chi connectivity index (χ0v) is 12.3. The first-order chi connectivity index (χ1) is 10.1. The van der Waals surface area contributed by atoms with Crippen LogP contribution in [0.1, 0.15) is 11.3 Å². The third-order valence-corrected chi connectivity index (χ3v) is 3.22. The van der Waals surface area contributed by atoms with E-state index < -0.39 is 18.4 Å². The van der Waals surface area contributed by atoms with Gasteiger partial charge in [0.05, 0.1) is 21.8 Å². The fourth-order valence-electron chi connectivity index (χ4n) is 1.72. The van der Waals surface area contributed by atoms with Crippen LogP contribution in [0.2, 0.25) is 10.0 Å². The Morgan fingerprint density at radius 2 is 1.73 bits per heavy atom. The minimum Gasteiger partial charge on any atom is -0.431 e. The number of rotatable bonds is 3. The number of aromatic nitrogens is 2. The van der Waals surface area contributed by atoms with Gasteiger partial charge in [0.15, 0.2) is 5.75 Å². The Kier molecular flexibility index (Phi) is 4.53. The van der Waals surface area contributed by atoms with Gasteiger partial charge in [-0.15, -0.1) is 0 Å². The summed E-state index contributed by atoms with van der Waals surface area (Å²) in [6, 6.07) is 1.35. The molecule has 0 unspecified atom stereocenters. The highest BCUT2D eigenvalue weighted by Gasteiger charge is 2.32. The summed E-state index contributed by atoms with van der Waals surface area (Å²) in [6.07, 6.45) is -3.56. The van der Waals surface area contributed by atoms with E-state index >= 15 is 0 Å². The molecule has 120 valence electrons. The van der Waals surface area contributed by atoms with E-state index in [9.17, 15) is 22.0 Å². The fourth-order valence-corrected chi connectivity index (χ4v) is 2.38. The van der Waals surface area contributed by atoms with Crippen LogP contribution in [0, 0.1) is 6.92 Å². The maximum atomic E-state index is 12.7. The summed E-state index contributed by atoms with van der Waals surface area (Å²) < 4.78 is 67.6. The monoisotopic (exact) mass is 360 g/mol. The predicted molar refractivity (Wildman–Crippen MR) is 70.0 cm³/mol. The smallest absolute Gasteiger partial charge is 0.416 e. The van der Waals surface area contributed by atoms with Crippen molar-refractivity contribution in [2.45, 2.75) is 19.7 Å². The lowest BCUT2D eigenvalue weighted by Crippen LogP contribution is -2.07. The summed E-state index contributed by atoms with van der Waals surface area (Å²) in [6.45, 7) is -1.67. The zero-order valence-electron chi connectivity index (χ0n) is 10.8. The van der Waals surface area contributed by atoms with Gasteiger partial charge < -0.3 is 4.74 Å². The molecule has 10 heteroatoms. The molecule has 1 aromatic carbocycles. The van der Waals surface area contributed by atoms with Gasteiger partial charge in [-0.05, 0) is 19.1 Å². The van der Waals surface area contributed by atoms with Gasteiger partial charge >= 0.3 is 12.8 Å². The maximum Gasteiger partial charge on any atom is 0.416 e. The van der Waals surface area contributed by atoms with Crippen molar-refractivity contribution in [1.29, 1.82) is 0 Å². The molecule has 0 atom stereocenters. The molecule has 22 heavy (non-hydrogen) atoms. The molecule has 1 aromatic heterocycles. The summed E-state index contributed by atoms with van der Waals surface area (Å²) in [5.41, 5.74) is -0.991. The first-order valence-corrected chi connectivity index (χ1v) is 6.43. The molecule has 0 aliphatic heterocycles. The molecule has 0 bridgehead atoms. The molecule has 0 amide bonds. The highest BCUT2D eigenvalue weighted by atomic mass is 35.5. The molecule has 0 N–H and O–H groups in total. The molecule has 3 nitrogen and oxygen atoms in total. The van der Waals surface area contributed by atoms with E-state index in [2.05, 4.69) is 9.84 Å². The quantitative estimate of drug-likeness (QED) is 0.711. The van der Waals surface area contributed by atoms with Gasteiger partial charge in [-0.2, -0.15) is 27.1 Å². The number of benzene rings is 1. The Morgan fingerprint density at radius 1 is 1.18 bits per heavy atom. The largest absolute Gasteiger partial charge is 0.431 e. The molecule has 0 saturated heterocycles. The van der Waals surface area contributed by atoms with Gasteiger partial charge in [0.1, 0.15) is 11.4 Å². The van der Waals surface area contributed by atoms with Gasteiger partial charge in [-0.3, -0.25) is 0 Å². The fraction of sp³-hybridized carbons (Fsp3) is 0.250. The predicted octanol–water partition coefficient (Wildman–Crippen LogP) is 5.11. The lowest BCUT2D eigenvalue weighted by Gasteiger charge is -2.12. The third-order valence-electron chi connectivity index (χ3n) is 2.64. The number of hydrogen-bond acceptors (Lipinski definition) is 2. The van der Waals surface area contributed by atoms with Crippen LogP contribution in [-0.2, 0) is 6.18 Å². The van der Waals surface area contributed by atoms with E-state index in [-0.39, 0.29) is 27.2 Å². The van der Waals surface area contributed by atoms with Crippen LogP contribution >= 0.6 is 23.2 Å². The van der Waals surface area contributed by atoms with E-state index in [1.807, 2.05) is 0 Å². The second kappa shape index (κ2) is 5.92. The Labute approximate surface area is 131 Å². The van der Waals surface area contributed by atoms with Gasteiger partial charge in [-0.1, -0.05) is 23.2 Å². The van der Waals surface area contributed by atoms with Crippen molar-refractivity contribution in [2.75, 3.05) is 0 Å². The van der Waals surface area contributed by atoms with Crippen LogP contribution in [0.3, 0.4) is 0 Å². The summed E-state index contributed by atoms with van der Waals surface area (Å²) >= 11 is 11.6. The SMILES string of the molecule is Cc1nn(-c2c(Cl)cc(C(F)(F)F)cc2Cl)cc1OC(F)F. The lowest BCUT2D eigenvalue weighted by atomic mass is 10.2. The van der Waals surface area contributed by atoms with Gasteiger partial charge in [0, 0.05) is 0 Å². The second-order valence-corrected chi connectivity index (χ2v) is 5.00. The molecule has 2 aromatic rings. The van der Waals surface area contributed by atoms with E-state index in [0.717, 1.165) is 10.9 Å². The Balaban J connectivity index is 2.50. The number of aryl methyl sites for hydroxylation is 1. The molecule has 2 rings (SSSR count). The van der Waals surface area contributed by atoms with Crippen LogP contribution < -0.4 is 4.74 Å². The summed E-state index contributed by atoms with van der Waals surface area (Å²) in [7, 11) is 0. The van der Waals surface area contributed by atoms with Gasteiger partial charge in [0.25, 0.3) is 0 Å². The number of hydrogen-bond donors (Lipinski definition) is 0. The van der Waals surface area contributed by atoms with Crippen molar-refractivity contribution in [1.82, 2.24) is 9.78 Å². The molecular formula is C12H7Cl2F5N2O. The van der Waals surface area contributed by atoms with Crippen LogP contribution in [0.4, 0.5) is 22.0 Å². The standard InChI is InChI=1S/C12H7Cl2F5N2O/c1-5-9(22-11(15)16)4-21(20-5)10-7(13)2-6(3-8(10)14)12(17,18)19/h2-4,11H,1H3. The van der Waals surface area contributed by atoms with Gasteiger partial charge in [-0.25, -0.2) is 4.68 Å². The number of halogens is 7. The van der Waals surface area contributed by atoms with Crippen LogP contribution in [0.5, 0.6) is 5.75 Å². The zero-order chi connectivity index (χ0) is 16.7. The van der Waals surface area contributed by atoms with Crippen molar-refractivity contribution in [3.8, 4) is 11.4 Å². The molecular weight excluding hydrogens is 354 g/mol. The van der Waals surface area contributed by atoms with Crippen molar-refractivity contribution in [3.05, 3.63) is 39.6 Å². The molecule has 1 heterocycles. The highest BCUT2D eigenvalue weighted by Crippen LogP contribution is 2.38. The van der Waals surface area contributed by atoms with Crippen molar-refractivity contribution in [3.63, 3.8) is 0 Å². The number of nitrogens with zero attached hydrogens (tertiary/aromatic N) is 2. The molecule has 0 aliphatic rings. The topological polar surface area (TPSA) is 27.1 Å². The Hall–Kier alpha value is -1.54. The van der Waals surface area contributed by atoms with Crippen LogP contribution in [0.25, 0.3) is 5.69 Å². The maximum absolute atomic E-state index is 12.7. The molecule has 0 fully saturated rings. The normalized spacial score (nSPS) is 12.0. The van der Waals surface area contributed by atoms with E-state index in [4.69, 9.17) is 23.2 Å². The second-order valence-electron chi connectivity index (χ2n) is 4.19. The molecule has 0 spiro atoms. The Bertz CT molecular complexity index is 676. The summed E-state index contributed by atoms with van der Waals surface area (Å²) in [4.78, 5) is 0. The number of ether oxygens (including phenoxy) is 1. The first-order valence-electron chi connectivity index (χ1n) is 5.67. The Morgan fingerprint density at radius 3 is 2.18 bits per heavy atom. The number of alkyl halides is 5. The average Bonchev–Trinajstić information content (AvgIpc) is 2.67. The van der Waals surface area contributed by atoms with E-state index in [1.165, 1.54) is 6.92 Å². The third kappa shape index (κ3) is 3.44. The van der Waals surface area contributed by atoms with Crippen molar-refractivity contribution >= 4 is 23.2 Å². The summed E-state index contributed by atoms with van der Waals surface area (Å²) in [5.74, 6) is -0.234. The minimum absolute atomic E-state index is 0.0662. The molecule has 0 radical (unpaired) electrons. The van der Waals surface area contributed by atoms with E-state index in [0.29, 0.717) is 12.1 Å². The summed E-state index contributed by atoms with van der Waals surface area (Å²) in [5, 5.41) is 3.20. The van der Waals surface area contributed by atoms with Gasteiger partial charge in [0.2, 0.25) is 0 Å².